The molecule has 0 heterocycles. The molecule has 2 rings (SSSR count). The quantitative estimate of drug-likeness (QED) is 0.341. The van der Waals surface area contributed by atoms with Crippen molar-refractivity contribution < 1.29 is 18.0 Å². The first-order valence-corrected chi connectivity index (χ1v) is 14.6. The van der Waals surface area contributed by atoms with E-state index >= 15 is 0 Å². The highest BCUT2D eigenvalue weighted by molar-refractivity contribution is 7.92. The van der Waals surface area contributed by atoms with Crippen molar-refractivity contribution in [3.05, 3.63) is 62.6 Å². The van der Waals surface area contributed by atoms with Crippen LogP contribution in [0.2, 0.25) is 15.1 Å². The standard InChI is InChI=1S/C25H32Cl3N3O4S/c1-5-7-12-29-25(33)22(6-2)30(15-18-9-11-20(27)21(28)13-18)24(32)16-31(36(4,34)35)23-14-19(26)10-8-17(23)3/h8-11,13-14,22H,5-7,12,15-16H2,1-4H3,(H,29,33)/t22-/m1/s1. The van der Waals surface area contributed by atoms with Gasteiger partial charge in [0, 0.05) is 18.1 Å². The number of aryl methyl sites for hydroxylation is 1. The van der Waals surface area contributed by atoms with Gasteiger partial charge in [-0.15, -0.1) is 0 Å². The smallest absolute Gasteiger partial charge is 0.244 e. The minimum atomic E-state index is -3.85. The highest BCUT2D eigenvalue weighted by atomic mass is 35.5. The van der Waals surface area contributed by atoms with Crippen molar-refractivity contribution >= 4 is 62.3 Å². The zero-order valence-corrected chi connectivity index (χ0v) is 23.9. The number of benzene rings is 2. The SMILES string of the molecule is CCCCNC(=O)[C@@H](CC)N(Cc1ccc(Cl)c(Cl)c1)C(=O)CN(c1cc(Cl)ccc1C)S(C)(=O)=O. The fourth-order valence-electron chi connectivity index (χ4n) is 3.71. The van der Waals surface area contributed by atoms with Gasteiger partial charge in [0.05, 0.1) is 22.0 Å². The molecule has 1 N–H and O–H groups in total. The van der Waals surface area contributed by atoms with E-state index < -0.39 is 28.5 Å². The van der Waals surface area contributed by atoms with Crippen LogP contribution in [0.25, 0.3) is 0 Å². The molecule has 0 bridgehead atoms. The van der Waals surface area contributed by atoms with Gasteiger partial charge in [-0.3, -0.25) is 13.9 Å². The highest BCUT2D eigenvalue weighted by Gasteiger charge is 2.32. The summed E-state index contributed by atoms with van der Waals surface area (Å²) in [6.07, 6.45) is 3.07. The van der Waals surface area contributed by atoms with Crippen molar-refractivity contribution in [2.24, 2.45) is 0 Å². The number of nitrogens with one attached hydrogen (secondary N) is 1. The van der Waals surface area contributed by atoms with Crippen LogP contribution in [0.3, 0.4) is 0 Å². The third-order valence-corrected chi connectivity index (χ3v) is 7.77. The molecule has 11 heteroatoms. The second kappa shape index (κ2) is 13.5. The fraction of sp³-hybridized carbons (Fsp3) is 0.440. The van der Waals surface area contributed by atoms with Crippen molar-refractivity contribution in [2.45, 2.75) is 52.6 Å². The average Bonchev–Trinajstić information content (AvgIpc) is 2.80. The lowest BCUT2D eigenvalue weighted by molar-refractivity contribution is -0.140. The Bertz CT molecular complexity index is 1190. The largest absolute Gasteiger partial charge is 0.354 e. The molecule has 0 aromatic heterocycles. The van der Waals surface area contributed by atoms with Crippen LogP contribution in [0, 0.1) is 6.92 Å². The maximum atomic E-state index is 13.7. The Kier molecular flexibility index (Phi) is 11.3. The summed E-state index contributed by atoms with van der Waals surface area (Å²) >= 11 is 18.4. The van der Waals surface area contributed by atoms with Gasteiger partial charge in [-0.25, -0.2) is 8.42 Å². The summed E-state index contributed by atoms with van der Waals surface area (Å²) < 4.78 is 26.5. The maximum Gasteiger partial charge on any atom is 0.244 e. The highest BCUT2D eigenvalue weighted by Crippen LogP contribution is 2.28. The molecule has 0 spiro atoms. The lowest BCUT2D eigenvalue weighted by Crippen LogP contribution is -2.52. The minimum Gasteiger partial charge on any atom is -0.354 e. The predicted molar refractivity (Wildman–Crippen MR) is 147 cm³/mol. The first-order valence-electron chi connectivity index (χ1n) is 11.6. The number of hydrogen-bond acceptors (Lipinski definition) is 4. The average molecular weight is 577 g/mol. The first kappa shape index (κ1) is 30.2. The number of unbranched alkanes of at least 4 members (excludes halogenated alkanes) is 1. The van der Waals surface area contributed by atoms with Gasteiger partial charge in [0.2, 0.25) is 21.8 Å². The molecule has 36 heavy (non-hydrogen) atoms. The molecule has 0 saturated heterocycles. The van der Waals surface area contributed by atoms with E-state index in [1.165, 1.54) is 11.0 Å². The van der Waals surface area contributed by atoms with Crippen molar-refractivity contribution in [1.82, 2.24) is 10.2 Å². The molecule has 0 unspecified atom stereocenters. The fourth-order valence-corrected chi connectivity index (χ4v) is 5.09. The molecule has 0 radical (unpaired) electrons. The summed E-state index contributed by atoms with van der Waals surface area (Å²) in [5.74, 6) is -0.840. The number of carbonyl (C=O) groups is 2. The zero-order chi connectivity index (χ0) is 27.0. The van der Waals surface area contributed by atoms with Crippen LogP contribution in [0.1, 0.15) is 44.2 Å². The number of hydrogen-bond donors (Lipinski definition) is 1. The van der Waals surface area contributed by atoms with Gasteiger partial charge in [0.15, 0.2) is 0 Å². The third kappa shape index (κ3) is 8.26. The van der Waals surface area contributed by atoms with E-state index in [1.807, 2.05) is 6.92 Å². The van der Waals surface area contributed by atoms with Crippen molar-refractivity contribution in [1.29, 1.82) is 0 Å². The lowest BCUT2D eigenvalue weighted by Gasteiger charge is -2.33. The molecule has 0 fully saturated rings. The predicted octanol–water partition coefficient (Wildman–Crippen LogP) is 5.44. The van der Waals surface area contributed by atoms with E-state index in [2.05, 4.69) is 5.32 Å². The first-order chi connectivity index (χ1) is 16.9. The molecule has 2 amide bonds. The number of rotatable bonds is 12. The summed E-state index contributed by atoms with van der Waals surface area (Å²) in [7, 11) is -3.85. The van der Waals surface area contributed by atoms with E-state index in [-0.39, 0.29) is 12.5 Å². The zero-order valence-electron chi connectivity index (χ0n) is 20.9. The summed E-state index contributed by atoms with van der Waals surface area (Å²) in [6, 6.07) is 8.97. The van der Waals surface area contributed by atoms with Crippen LogP contribution in [-0.2, 0) is 26.2 Å². The number of halogens is 3. The van der Waals surface area contributed by atoms with E-state index in [0.29, 0.717) is 44.8 Å². The molecule has 2 aromatic rings. The van der Waals surface area contributed by atoms with E-state index in [0.717, 1.165) is 23.4 Å². The number of nitrogens with zero attached hydrogens (tertiary/aromatic N) is 2. The molecular formula is C25H32Cl3N3O4S. The molecule has 0 saturated carbocycles. The number of carbonyl (C=O) groups excluding carboxylic acids is 2. The molecule has 7 nitrogen and oxygen atoms in total. The number of sulfonamides is 1. The molecule has 0 aliphatic carbocycles. The molecule has 2 aromatic carbocycles. The van der Waals surface area contributed by atoms with E-state index in [1.54, 1.807) is 44.2 Å². The van der Waals surface area contributed by atoms with Gasteiger partial charge in [0.1, 0.15) is 12.6 Å². The molecule has 198 valence electrons. The number of anilines is 1. The van der Waals surface area contributed by atoms with Crippen molar-refractivity contribution in [3.63, 3.8) is 0 Å². The van der Waals surface area contributed by atoms with Crippen LogP contribution in [0.5, 0.6) is 0 Å². The lowest BCUT2D eigenvalue weighted by atomic mass is 10.1. The topological polar surface area (TPSA) is 86.8 Å². The van der Waals surface area contributed by atoms with Crippen LogP contribution in [0.15, 0.2) is 36.4 Å². The van der Waals surface area contributed by atoms with Gasteiger partial charge in [-0.05, 0) is 55.2 Å². The molecular weight excluding hydrogens is 545 g/mol. The normalized spacial score (nSPS) is 12.2. The summed E-state index contributed by atoms with van der Waals surface area (Å²) in [5, 5.41) is 3.90. The second-order valence-electron chi connectivity index (χ2n) is 8.54. The second-order valence-corrected chi connectivity index (χ2v) is 11.7. The summed E-state index contributed by atoms with van der Waals surface area (Å²) in [5.41, 5.74) is 1.59. The van der Waals surface area contributed by atoms with E-state index in [9.17, 15) is 18.0 Å². The van der Waals surface area contributed by atoms with Gasteiger partial charge in [0.25, 0.3) is 0 Å². The van der Waals surface area contributed by atoms with Gasteiger partial charge >= 0.3 is 0 Å². The van der Waals surface area contributed by atoms with Gasteiger partial charge in [-0.1, -0.05) is 67.2 Å². The molecule has 0 aliphatic rings. The van der Waals surface area contributed by atoms with Gasteiger partial charge in [-0.2, -0.15) is 0 Å². The number of amides is 2. The Hall–Kier alpha value is -2.00. The van der Waals surface area contributed by atoms with Crippen LogP contribution in [0.4, 0.5) is 5.69 Å². The molecule has 1 atom stereocenters. The van der Waals surface area contributed by atoms with Crippen LogP contribution >= 0.6 is 34.8 Å². The molecule has 0 aliphatic heterocycles. The van der Waals surface area contributed by atoms with Gasteiger partial charge < -0.3 is 10.2 Å². The third-order valence-electron chi connectivity index (χ3n) is 5.67. The monoisotopic (exact) mass is 575 g/mol. The minimum absolute atomic E-state index is 0.0432. The Morgan fingerprint density at radius 1 is 1.03 bits per heavy atom. The Balaban J connectivity index is 2.47. The Morgan fingerprint density at radius 2 is 1.72 bits per heavy atom. The van der Waals surface area contributed by atoms with Crippen LogP contribution in [-0.4, -0.2) is 50.5 Å². The Morgan fingerprint density at radius 3 is 2.31 bits per heavy atom. The van der Waals surface area contributed by atoms with E-state index in [4.69, 9.17) is 34.8 Å². The van der Waals surface area contributed by atoms with Crippen LogP contribution < -0.4 is 9.62 Å². The van der Waals surface area contributed by atoms with Crippen molar-refractivity contribution in [3.8, 4) is 0 Å². The summed E-state index contributed by atoms with van der Waals surface area (Å²) in [4.78, 5) is 28.2. The Labute approximate surface area is 228 Å². The maximum absolute atomic E-state index is 13.7. The summed E-state index contributed by atoms with van der Waals surface area (Å²) in [6.45, 7) is 5.58. The van der Waals surface area contributed by atoms with Crippen molar-refractivity contribution in [2.75, 3.05) is 23.7 Å².